The van der Waals surface area contributed by atoms with Crippen LogP contribution < -0.4 is 11.5 Å². The van der Waals surface area contributed by atoms with E-state index in [1.807, 2.05) is 18.2 Å². The van der Waals surface area contributed by atoms with Gasteiger partial charge in [0, 0.05) is 18.7 Å². The molecule has 0 atom stereocenters. The van der Waals surface area contributed by atoms with Crippen molar-refractivity contribution in [2.45, 2.75) is 25.8 Å². The third kappa shape index (κ3) is 3.47. The molecule has 1 aromatic rings. The molecule has 0 spiro atoms. The molecule has 4 nitrogen and oxygen atoms in total. The minimum absolute atomic E-state index is 0.180. The highest BCUT2D eigenvalue weighted by Gasteiger charge is 2.20. The van der Waals surface area contributed by atoms with E-state index in [0.29, 0.717) is 12.3 Å². The first-order chi connectivity index (χ1) is 8.65. The van der Waals surface area contributed by atoms with Crippen LogP contribution in [-0.4, -0.2) is 23.9 Å². The van der Waals surface area contributed by atoms with Crippen molar-refractivity contribution < 1.29 is 4.79 Å². The Kier molecular flexibility index (Phi) is 4.20. The number of hydrogen-bond donors (Lipinski definition) is 2. The predicted octanol–water partition coefficient (Wildman–Crippen LogP) is 1.36. The van der Waals surface area contributed by atoms with Crippen LogP contribution in [0.25, 0.3) is 0 Å². The largest absolute Gasteiger partial charge is 0.398 e. The molecule has 1 amide bonds. The quantitative estimate of drug-likeness (QED) is 0.789. The molecule has 1 aromatic carbocycles. The summed E-state index contributed by atoms with van der Waals surface area (Å²) in [7, 11) is 0. The van der Waals surface area contributed by atoms with Gasteiger partial charge in [0.1, 0.15) is 0 Å². The van der Waals surface area contributed by atoms with Crippen LogP contribution in [0.1, 0.15) is 24.8 Å². The number of hydrogen-bond acceptors (Lipinski definition) is 3. The summed E-state index contributed by atoms with van der Waals surface area (Å²) in [6.45, 7) is 2.94. The van der Waals surface area contributed by atoms with Gasteiger partial charge in [-0.2, -0.15) is 0 Å². The minimum atomic E-state index is -0.180. The Labute approximate surface area is 108 Å². The second kappa shape index (κ2) is 5.87. The fourth-order valence-corrected chi connectivity index (χ4v) is 2.55. The molecule has 1 aliphatic heterocycles. The number of amides is 1. The first-order valence-corrected chi connectivity index (χ1v) is 6.49. The molecular formula is C14H21N3O. The summed E-state index contributed by atoms with van der Waals surface area (Å²) in [5, 5.41) is 0. The highest BCUT2D eigenvalue weighted by Crippen LogP contribution is 2.22. The lowest BCUT2D eigenvalue weighted by atomic mass is 9.93. The molecule has 0 bridgehead atoms. The van der Waals surface area contributed by atoms with Gasteiger partial charge in [0.15, 0.2) is 0 Å². The van der Waals surface area contributed by atoms with E-state index in [-0.39, 0.29) is 5.91 Å². The maximum absolute atomic E-state index is 10.9. The molecule has 2 rings (SSSR count). The van der Waals surface area contributed by atoms with Gasteiger partial charge >= 0.3 is 0 Å². The number of anilines is 1. The molecule has 0 aromatic heterocycles. The number of rotatable bonds is 4. The predicted molar refractivity (Wildman–Crippen MR) is 72.7 cm³/mol. The van der Waals surface area contributed by atoms with E-state index in [0.717, 1.165) is 38.2 Å². The number of benzene rings is 1. The number of nitrogen functional groups attached to an aromatic ring is 1. The third-order valence-electron chi connectivity index (χ3n) is 3.65. The van der Waals surface area contributed by atoms with Crippen LogP contribution in [0.2, 0.25) is 0 Å². The van der Waals surface area contributed by atoms with Crippen molar-refractivity contribution >= 4 is 11.6 Å². The van der Waals surface area contributed by atoms with Crippen molar-refractivity contribution in [1.82, 2.24) is 4.90 Å². The number of primary amides is 1. The first-order valence-electron chi connectivity index (χ1n) is 6.49. The van der Waals surface area contributed by atoms with E-state index in [9.17, 15) is 4.79 Å². The van der Waals surface area contributed by atoms with Crippen LogP contribution in [0, 0.1) is 5.92 Å². The normalized spacial score (nSPS) is 17.8. The van der Waals surface area contributed by atoms with Crippen molar-refractivity contribution in [1.29, 1.82) is 0 Å². The number of likely N-dealkylation sites (tertiary alicyclic amines) is 1. The van der Waals surface area contributed by atoms with Gasteiger partial charge in [0.05, 0.1) is 0 Å². The topological polar surface area (TPSA) is 72.4 Å². The number of nitrogens with two attached hydrogens (primary N) is 2. The van der Waals surface area contributed by atoms with Gasteiger partial charge in [-0.1, -0.05) is 18.2 Å². The van der Waals surface area contributed by atoms with E-state index in [1.54, 1.807) is 0 Å². The molecule has 0 unspecified atom stereocenters. The van der Waals surface area contributed by atoms with Crippen LogP contribution in [0.3, 0.4) is 0 Å². The van der Waals surface area contributed by atoms with E-state index < -0.39 is 0 Å². The van der Waals surface area contributed by atoms with Gasteiger partial charge in [-0.15, -0.1) is 0 Å². The molecule has 0 saturated carbocycles. The Morgan fingerprint density at radius 1 is 1.28 bits per heavy atom. The second-order valence-electron chi connectivity index (χ2n) is 5.09. The molecule has 1 saturated heterocycles. The highest BCUT2D eigenvalue weighted by molar-refractivity contribution is 5.73. The van der Waals surface area contributed by atoms with Crippen LogP contribution in [0.15, 0.2) is 24.3 Å². The average molecular weight is 247 g/mol. The Hall–Kier alpha value is -1.55. The van der Waals surface area contributed by atoms with Crippen LogP contribution in [-0.2, 0) is 11.3 Å². The molecule has 0 aliphatic carbocycles. The zero-order chi connectivity index (χ0) is 13.0. The van der Waals surface area contributed by atoms with Gasteiger partial charge in [0.25, 0.3) is 0 Å². The fraction of sp³-hybridized carbons (Fsp3) is 0.500. The number of carbonyl (C=O) groups excluding carboxylic acids is 1. The van der Waals surface area contributed by atoms with Crippen LogP contribution >= 0.6 is 0 Å². The SMILES string of the molecule is NC(=O)CC1CCN(Cc2ccccc2N)CC1. The summed E-state index contributed by atoms with van der Waals surface area (Å²) in [6.07, 6.45) is 2.63. The molecule has 1 aliphatic rings. The summed E-state index contributed by atoms with van der Waals surface area (Å²) in [4.78, 5) is 13.3. The lowest BCUT2D eigenvalue weighted by Crippen LogP contribution is -2.34. The molecule has 4 N–H and O–H groups in total. The first kappa shape index (κ1) is 12.9. The van der Waals surface area contributed by atoms with Gasteiger partial charge in [-0.05, 0) is 43.5 Å². The van der Waals surface area contributed by atoms with Crippen molar-refractivity contribution in [3.63, 3.8) is 0 Å². The summed E-state index contributed by atoms with van der Waals surface area (Å²) >= 11 is 0. The smallest absolute Gasteiger partial charge is 0.217 e. The molecule has 98 valence electrons. The third-order valence-corrected chi connectivity index (χ3v) is 3.65. The number of carbonyl (C=O) groups is 1. The summed E-state index contributed by atoms with van der Waals surface area (Å²) < 4.78 is 0. The molecule has 4 heteroatoms. The van der Waals surface area contributed by atoms with Gasteiger partial charge < -0.3 is 11.5 Å². The monoisotopic (exact) mass is 247 g/mol. The maximum atomic E-state index is 10.9. The summed E-state index contributed by atoms with van der Waals surface area (Å²) in [6, 6.07) is 7.99. The Bertz CT molecular complexity index is 411. The highest BCUT2D eigenvalue weighted by atomic mass is 16.1. The van der Waals surface area contributed by atoms with Gasteiger partial charge in [0.2, 0.25) is 5.91 Å². The minimum Gasteiger partial charge on any atom is -0.398 e. The van der Waals surface area contributed by atoms with E-state index in [2.05, 4.69) is 11.0 Å². The van der Waals surface area contributed by atoms with Crippen molar-refractivity contribution in [2.75, 3.05) is 18.8 Å². The lowest BCUT2D eigenvalue weighted by Gasteiger charge is -2.31. The number of para-hydroxylation sites is 1. The maximum Gasteiger partial charge on any atom is 0.217 e. The Morgan fingerprint density at radius 3 is 2.56 bits per heavy atom. The Morgan fingerprint density at radius 2 is 1.94 bits per heavy atom. The van der Waals surface area contributed by atoms with Gasteiger partial charge in [-0.25, -0.2) is 0 Å². The second-order valence-corrected chi connectivity index (χ2v) is 5.09. The van der Waals surface area contributed by atoms with Crippen molar-refractivity contribution in [3.8, 4) is 0 Å². The summed E-state index contributed by atoms with van der Waals surface area (Å²) in [5.41, 5.74) is 13.2. The van der Waals surface area contributed by atoms with Crippen LogP contribution in [0.5, 0.6) is 0 Å². The van der Waals surface area contributed by atoms with Crippen LogP contribution in [0.4, 0.5) is 5.69 Å². The van der Waals surface area contributed by atoms with E-state index >= 15 is 0 Å². The Balaban J connectivity index is 1.84. The fourth-order valence-electron chi connectivity index (χ4n) is 2.55. The van der Waals surface area contributed by atoms with Gasteiger partial charge in [-0.3, -0.25) is 9.69 Å². The molecular weight excluding hydrogens is 226 g/mol. The average Bonchev–Trinajstić information content (AvgIpc) is 2.34. The zero-order valence-corrected chi connectivity index (χ0v) is 10.6. The lowest BCUT2D eigenvalue weighted by molar-refractivity contribution is -0.119. The van der Waals surface area contributed by atoms with Crippen molar-refractivity contribution in [2.24, 2.45) is 11.7 Å². The van der Waals surface area contributed by atoms with E-state index in [1.165, 1.54) is 5.56 Å². The summed E-state index contributed by atoms with van der Waals surface area (Å²) in [5.74, 6) is 0.285. The molecule has 1 heterocycles. The van der Waals surface area contributed by atoms with Crippen molar-refractivity contribution in [3.05, 3.63) is 29.8 Å². The molecule has 1 fully saturated rings. The van der Waals surface area contributed by atoms with E-state index in [4.69, 9.17) is 11.5 Å². The zero-order valence-electron chi connectivity index (χ0n) is 10.6. The standard InChI is InChI=1S/C14H21N3O/c15-13-4-2-1-3-12(13)10-17-7-5-11(6-8-17)9-14(16)18/h1-4,11H,5-10,15H2,(H2,16,18). The number of nitrogens with zero attached hydrogens (tertiary/aromatic N) is 1. The number of piperidine rings is 1. The molecule has 0 radical (unpaired) electrons. The molecule has 18 heavy (non-hydrogen) atoms.